The van der Waals surface area contributed by atoms with Crippen LogP contribution >= 0.6 is 0 Å². The van der Waals surface area contributed by atoms with E-state index in [1.807, 2.05) is 33.8 Å². The molecule has 0 spiro atoms. The van der Waals surface area contributed by atoms with Crippen molar-refractivity contribution in [2.75, 3.05) is 18.0 Å². The fraction of sp³-hybridized carbons (Fsp3) is 0.667. The number of anilines is 1. The van der Waals surface area contributed by atoms with Gasteiger partial charge in [-0.3, -0.25) is 0 Å². The highest BCUT2D eigenvalue weighted by atomic mass is 19.4. The Morgan fingerprint density at radius 1 is 1.13 bits per heavy atom. The molecule has 1 aromatic carbocycles. The third-order valence-electron chi connectivity index (χ3n) is 3.99. The van der Waals surface area contributed by atoms with E-state index in [2.05, 4.69) is 16.6 Å². The third-order valence-corrected chi connectivity index (χ3v) is 3.99. The second kappa shape index (κ2) is 8.46. The van der Waals surface area contributed by atoms with E-state index in [-0.39, 0.29) is 11.7 Å². The minimum absolute atomic E-state index is 0.0159. The van der Waals surface area contributed by atoms with Crippen LogP contribution in [0.5, 0.6) is 5.75 Å². The number of hydrogen-bond acceptors (Lipinski definition) is 2. The number of nitrogens with zero attached hydrogens (tertiary/aromatic N) is 1. The molecule has 0 bridgehead atoms. The zero-order valence-electron chi connectivity index (χ0n) is 14.7. The van der Waals surface area contributed by atoms with Crippen LogP contribution in [0.1, 0.15) is 58.9 Å². The Morgan fingerprint density at radius 3 is 2.17 bits per heavy atom. The molecule has 0 radical (unpaired) electrons. The Balaban J connectivity index is 0.00000127. The summed E-state index contributed by atoms with van der Waals surface area (Å²) in [6.07, 6.45) is -2.51. The highest BCUT2D eigenvalue weighted by molar-refractivity contribution is 5.55. The molecule has 0 atom stereocenters. The van der Waals surface area contributed by atoms with E-state index in [9.17, 15) is 13.2 Å². The lowest BCUT2D eigenvalue weighted by atomic mass is 9.97. The summed E-state index contributed by atoms with van der Waals surface area (Å²) in [5.41, 5.74) is 1.40. The standard InChI is InChI=1S/C16H22F3NO.C2H6/c1-11(2)14-5-4-13(10-15(14)21-16(17,18)19)20-8-6-12(3)7-9-20;1-2/h4-5,10-12H,6-9H2,1-3H3;1-2H3. The quantitative estimate of drug-likeness (QED) is 0.676. The molecule has 5 heteroatoms. The number of piperidine rings is 1. The van der Waals surface area contributed by atoms with Gasteiger partial charge in [0.15, 0.2) is 0 Å². The number of hydrogen-bond donors (Lipinski definition) is 0. The second-order valence-corrected chi connectivity index (χ2v) is 6.09. The third kappa shape index (κ3) is 5.96. The molecule has 132 valence electrons. The lowest BCUT2D eigenvalue weighted by Gasteiger charge is -2.32. The molecule has 1 heterocycles. The topological polar surface area (TPSA) is 12.5 Å². The van der Waals surface area contributed by atoms with Gasteiger partial charge in [0.1, 0.15) is 5.75 Å². The summed E-state index contributed by atoms with van der Waals surface area (Å²) >= 11 is 0. The van der Waals surface area contributed by atoms with Crippen molar-refractivity contribution < 1.29 is 17.9 Å². The molecule has 1 saturated heterocycles. The van der Waals surface area contributed by atoms with Crippen molar-refractivity contribution >= 4 is 5.69 Å². The lowest BCUT2D eigenvalue weighted by molar-refractivity contribution is -0.274. The van der Waals surface area contributed by atoms with Crippen molar-refractivity contribution in [2.45, 2.75) is 59.7 Å². The van der Waals surface area contributed by atoms with Gasteiger partial charge in [-0.05, 0) is 36.3 Å². The van der Waals surface area contributed by atoms with Crippen LogP contribution in [0.25, 0.3) is 0 Å². The Morgan fingerprint density at radius 2 is 1.70 bits per heavy atom. The average molecular weight is 331 g/mol. The van der Waals surface area contributed by atoms with Gasteiger partial charge in [0.05, 0.1) is 0 Å². The predicted molar refractivity (Wildman–Crippen MR) is 89.2 cm³/mol. The molecule has 0 aliphatic carbocycles. The molecule has 1 aliphatic heterocycles. The maximum atomic E-state index is 12.6. The highest BCUT2D eigenvalue weighted by Crippen LogP contribution is 2.35. The van der Waals surface area contributed by atoms with E-state index in [1.165, 1.54) is 6.07 Å². The van der Waals surface area contributed by atoms with Gasteiger partial charge in [0, 0.05) is 24.8 Å². The van der Waals surface area contributed by atoms with Crippen LogP contribution in [0, 0.1) is 5.92 Å². The highest BCUT2D eigenvalue weighted by Gasteiger charge is 2.32. The van der Waals surface area contributed by atoms with Gasteiger partial charge in [0.2, 0.25) is 0 Å². The maximum absolute atomic E-state index is 12.6. The molecule has 1 fully saturated rings. The minimum atomic E-state index is -4.65. The first-order chi connectivity index (χ1) is 10.8. The van der Waals surface area contributed by atoms with E-state index in [0.29, 0.717) is 11.5 Å². The summed E-state index contributed by atoms with van der Waals surface area (Å²) in [5.74, 6) is 0.591. The van der Waals surface area contributed by atoms with Crippen molar-refractivity contribution in [2.24, 2.45) is 5.92 Å². The molecule has 1 aromatic rings. The predicted octanol–water partition coefficient (Wildman–Crippen LogP) is 5.97. The molecule has 0 aromatic heterocycles. The van der Waals surface area contributed by atoms with Gasteiger partial charge >= 0.3 is 6.36 Å². The molecule has 0 unspecified atom stereocenters. The molecular formula is C18H28F3NO. The van der Waals surface area contributed by atoms with Gasteiger partial charge in [-0.15, -0.1) is 13.2 Å². The zero-order valence-corrected chi connectivity index (χ0v) is 14.7. The Labute approximate surface area is 137 Å². The van der Waals surface area contributed by atoms with Crippen LogP contribution in [-0.2, 0) is 0 Å². The van der Waals surface area contributed by atoms with E-state index >= 15 is 0 Å². The summed E-state index contributed by atoms with van der Waals surface area (Å²) in [4.78, 5) is 2.13. The monoisotopic (exact) mass is 331 g/mol. The van der Waals surface area contributed by atoms with Crippen LogP contribution in [0.15, 0.2) is 18.2 Å². The van der Waals surface area contributed by atoms with E-state index in [0.717, 1.165) is 31.6 Å². The summed E-state index contributed by atoms with van der Waals surface area (Å²) in [6, 6.07) is 5.17. The molecular weight excluding hydrogens is 303 g/mol. The first-order valence-electron chi connectivity index (χ1n) is 8.41. The Bertz CT molecular complexity index is 478. The maximum Gasteiger partial charge on any atom is 0.573 e. The normalized spacial score (nSPS) is 16.1. The average Bonchev–Trinajstić information content (AvgIpc) is 2.48. The lowest BCUT2D eigenvalue weighted by Crippen LogP contribution is -2.32. The summed E-state index contributed by atoms with van der Waals surface area (Å²) in [5, 5.41) is 0. The number of alkyl halides is 3. The van der Waals surface area contributed by atoms with E-state index < -0.39 is 6.36 Å². The Hall–Kier alpha value is -1.39. The summed E-state index contributed by atoms with van der Waals surface area (Å²) in [7, 11) is 0. The van der Waals surface area contributed by atoms with Crippen molar-refractivity contribution in [3.8, 4) is 5.75 Å². The number of halogens is 3. The summed E-state index contributed by atoms with van der Waals surface area (Å²) < 4.78 is 41.9. The fourth-order valence-corrected chi connectivity index (χ4v) is 2.68. The van der Waals surface area contributed by atoms with Gasteiger partial charge in [-0.2, -0.15) is 0 Å². The smallest absolute Gasteiger partial charge is 0.405 e. The van der Waals surface area contributed by atoms with Crippen LogP contribution < -0.4 is 9.64 Å². The van der Waals surface area contributed by atoms with E-state index in [4.69, 9.17) is 0 Å². The molecule has 0 saturated carbocycles. The van der Waals surface area contributed by atoms with Gasteiger partial charge in [-0.1, -0.05) is 40.7 Å². The largest absolute Gasteiger partial charge is 0.573 e. The van der Waals surface area contributed by atoms with Crippen molar-refractivity contribution in [1.29, 1.82) is 0 Å². The van der Waals surface area contributed by atoms with Crippen molar-refractivity contribution in [1.82, 2.24) is 0 Å². The van der Waals surface area contributed by atoms with Crippen LogP contribution in [0.3, 0.4) is 0 Å². The zero-order chi connectivity index (χ0) is 17.6. The molecule has 2 rings (SSSR count). The van der Waals surface area contributed by atoms with Gasteiger partial charge < -0.3 is 9.64 Å². The van der Waals surface area contributed by atoms with Crippen LogP contribution in [0.2, 0.25) is 0 Å². The minimum Gasteiger partial charge on any atom is -0.405 e. The summed E-state index contributed by atoms with van der Waals surface area (Å²) in [6.45, 7) is 11.7. The van der Waals surface area contributed by atoms with Crippen LogP contribution in [0.4, 0.5) is 18.9 Å². The van der Waals surface area contributed by atoms with Gasteiger partial charge in [-0.25, -0.2) is 0 Å². The molecule has 2 nitrogen and oxygen atoms in total. The van der Waals surface area contributed by atoms with Gasteiger partial charge in [0.25, 0.3) is 0 Å². The number of rotatable bonds is 3. The van der Waals surface area contributed by atoms with Crippen molar-refractivity contribution in [3.63, 3.8) is 0 Å². The Kier molecular flexibility index (Phi) is 7.23. The van der Waals surface area contributed by atoms with Crippen LogP contribution in [-0.4, -0.2) is 19.5 Å². The number of benzene rings is 1. The second-order valence-electron chi connectivity index (χ2n) is 6.09. The number of ether oxygens (including phenoxy) is 1. The van der Waals surface area contributed by atoms with Crippen molar-refractivity contribution in [3.05, 3.63) is 23.8 Å². The molecule has 0 N–H and O–H groups in total. The molecule has 0 amide bonds. The molecule has 1 aliphatic rings. The fourth-order valence-electron chi connectivity index (χ4n) is 2.68. The first kappa shape index (κ1) is 19.7. The SMILES string of the molecule is CC.CC1CCN(c2ccc(C(C)C)c(OC(F)(F)F)c2)CC1. The van der Waals surface area contributed by atoms with E-state index in [1.54, 1.807) is 6.07 Å². The first-order valence-corrected chi connectivity index (χ1v) is 8.41. The molecule has 23 heavy (non-hydrogen) atoms.